The standard InChI is InChI=1S/C21H22F3N5O2/c1-14(2)31-17-9-8-16(18(11-17)21(22,23)24)12-25-20(30)19(29-13-26-27-28-29)10-15-6-4-3-5-7-15/h3-9,11,13-14,19H,10,12H2,1-2H3,(H,25,30). The fraction of sp³-hybridized carbons (Fsp3) is 0.333. The van der Waals surface area contributed by atoms with Gasteiger partial charge in [0.2, 0.25) is 5.91 Å². The topological polar surface area (TPSA) is 81.9 Å². The van der Waals surface area contributed by atoms with Crippen molar-refractivity contribution in [3.05, 3.63) is 71.5 Å². The third kappa shape index (κ3) is 6.03. The van der Waals surface area contributed by atoms with E-state index in [1.54, 1.807) is 13.8 Å². The molecule has 10 heteroatoms. The average Bonchev–Trinajstić information content (AvgIpc) is 3.25. The molecule has 1 N–H and O–H groups in total. The van der Waals surface area contributed by atoms with Crippen molar-refractivity contribution < 1.29 is 22.7 Å². The number of halogens is 3. The molecular formula is C21H22F3N5O2. The molecule has 0 aliphatic heterocycles. The summed E-state index contributed by atoms with van der Waals surface area (Å²) in [6, 6.07) is 12.1. The minimum Gasteiger partial charge on any atom is -0.491 e. The zero-order valence-corrected chi connectivity index (χ0v) is 17.0. The number of carbonyl (C=O) groups excluding carboxylic acids is 1. The summed E-state index contributed by atoms with van der Waals surface area (Å²) < 4.78 is 47.3. The number of tetrazole rings is 1. The third-order valence-corrected chi connectivity index (χ3v) is 4.47. The molecule has 0 aliphatic rings. The molecule has 1 amide bonds. The highest BCUT2D eigenvalue weighted by Crippen LogP contribution is 2.34. The van der Waals surface area contributed by atoms with Crippen molar-refractivity contribution in [1.82, 2.24) is 25.5 Å². The lowest BCUT2D eigenvalue weighted by Gasteiger charge is -2.19. The number of carbonyl (C=O) groups is 1. The molecule has 7 nitrogen and oxygen atoms in total. The van der Waals surface area contributed by atoms with Crippen LogP contribution in [0.2, 0.25) is 0 Å². The molecule has 0 fully saturated rings. The summed E-state index contributed by atoms with van der Waals surface area (Å²) in [6.45, 7) is 3.16. The van der Waals surface area contributed by atoms with Gasteiger partial charge in [-0.2, -0.15) is 13.2 Å². The summed E-state index contributed by atoms with van der Waals surface area (Å²) >= 11 is 0. The maximum Gasteiger partial charge on any atom is 0.416 e. The minimum atomic E-state index is -4.59. The van der Waals surface area contributed by atoms with Gasteiger partial charge in [-0.1, -0.05) is 36.4 Å². The average molecular weight is 433 g/mol. The predicted octanol–water partition coefficient (Wildman–Crippen LogP) is 3.58. The van der Waals surface area contributed by atoms with Crippen LogP contribution >= 0.6 is 0 Å². The van der Waals surface area contributed by atoms with Crippen molar-refractivity contribution in [2.45, 2.75) is 45.1 Å². The first-order valence-corrected chi connectivity index (χ1v) is 9.65. The number of ether oxygens (including phenoxy) is 1. The number of rotatable bonds is 8. The highest BCUT2D eigenvalue weighted by atomic mass is 19.4. The monoisotopic (exact) mass is 433 g/mol. The minimum absolute atomic E-state index is 0.0628. The first-order chi connectivity index (χ1) is 14.7. The Morgan fingerprint density at radius 3 is 2.52 bits per heavy atom. The van der Waals surface area contributed by atoms with Crippen LogP contribution in [0.25, 0.3) is 0 Å². The SMILES string of the molecule is CC(C)Oc1ccc(CNC(=O)C(Cc2ccccc2)n2cnnn2)c(C(F)(F)F)c1. The van der Waals surface area contributed by atoms with Crippen LogP contribution in [0.1, 0.15) is 36.6 Å². The van der Waals surface area contributed by atoms with Crippen molar-refractivity contribution in [3.63, 3.8) is 0 Å². The Bertz CT molecular complexity index is 992. The second-order valence-electron chi connectivity index (χ2n) is 7.20. The number of hydrogen-bond donors (Lipinski definition) is 1. The Morgan fingerprint density at radius 1 is 1.16 bits per heavy atom. The van der Waals surface area contributed by atoms with Gasteiger partial charge in [0.1, 0.15) is 18.1 Å². The summed E-state index contributed by atoms with van der Waals surface area (Å²) in [7, 11) is 0. The molecule has 3 rings (SSSR count). The van der Waals surface area contributed by atoms with E-state index < -0.39 is 23.7 Å². The van der Waals surface area contributed by atoms with E-state index in [1.807, 2.05) is 30.3 Å². The number of nitrogens with zero attached hydrogens (tertiary/aromatic N) is 4. The Labute approximate surface area is 177 Å². The lowest BCUT2D eigenvalue weighted by Crippen LogP contribution is -2.34. The van der Waals surface area contributed by atoms with Crippen molar-refractivity contribution in [3.8, 4) is 5.75 Å². The normalized spacial score (nSPS) is 12.6. The van der Waals surface area contributed by atoms with Crippen molar-refractivity contribution >= 4 is 5.91 Å². The Kier molecular flexibility index (Phi) is 6.88. The maximum absolute atomic E-state index is 13.6. The van der Waals surface area contributed by atoms with Crippen LogP contribution in [0.15, 0.2) is 54.9 Å². The number of hydrogen-bond acceptors (Lipinski definition) is 5. The van der Waals surface area contributed by atoms with E-state index >= 15 is 0 Å². The van der Waals surface area contributed by atoms with E-state index in [4.69, 9.17) is 4.74 Å². The Morgan fingerprint density at radius 2 is 1.90 bits per heavy atom. The largest absolute Gasteiger partial charge is 0.491 e. The number of alkyl halides is 3. The number of aromatic nitrogens is 4. The molecule has 2 aromatic carbocycles. The van der Waals surface area contributed by atoms with E-state index in [1.165, 1.54) is 23.1 Å². The van der Waals surface area contributed by atoms with Gasteiger partial charge in [-0.05, 0) is 47.5 Å². The van der Waals surface area contributed by atoms with E-state index in [0.717, 1.165) is 11.6 Å². The van der Waals surface area contributed by atoms with E-state index in [0.29, 0.717) is 0 Å². The first kappa shape index (κ1) is 22.3. The highest BCUT2D eigenvalue weighted by molar-refractivity contribution is 5.80. The van der Waals surface area contributed by atoms with Crippen LogP contribution in [0, 0.1) is 0 Å². The van der Waals surface area contributed by atoms with Gasteiger partial charge in [-0.15, -0.1) is 5.10 Å². The van der Waals surface area contributed by atoms with E-state index in [9.17, 15) is 18.0 Å². The van der Waals surface area contributed by atoms with Gasteiger partial charge < -0.3 is 10.1 Å². The molecule has 3 aromatic rings. The predicted molar refractivity (Wildman–Crippen MR) is 106 cm³/mol. The Hall–Kier alpha value is -3.43. The fourth-order valence-electron chi connectivity index (χ4n) is 3.07. The molecule has 0 spiro atoms. The van der Waals surface area contributed by atoms with Gasteiger partial charge in [-0.3, -0.25) is 4.79 Å². The number of nitrogens with one attached hydrogen (secondary N) is 1. The van der Waals surface area contributed by atoms with Crippen LogP contribution in [0.3, 0.4) is 0 Å². The smallest absolute Gasteiger partial charge is 0.416 e. The zero-order chi connectivity index (χ0) is 22.4. The summed E-state index contributed by atoms with van der Waals surface area (Å²) in [5, 5.41) is 13.5. The summed E-state index contributed by atoms with van der Waals surface area (Å²) in [5.41, 5.74) is -0.0515. The first-order valence-electron chi connectivity index (χ1n) is 9.65. The van der Waals surface area contributed by atoms with Crippen LogP contribution in [-0.4, -0.2) is 32.2 Å². The molecular weight excluding hydrogens is 411 g/mol. The molecule has 164 valence electrons. The van der Waals surface area contributed by atoms with Crippen molar-refractivity contribution in [2.24, 2.45) is 0 Å². The van der Waals surface area contributed by atoms with Gasteiger partial charge in [0.15, 0.2) is 0 Å². The van der Waals surface area contributed by atoms with Gasteiger partial charge in [-0.25, -0.2) is 4.68 Å². The number of amides is 1. The second kappa shape index (κ2) is 9.59. The summed E-state index contributed by atoms with van der Waals surface area (Å²) in [6.07, 6.45) is -3.27. The third-order valence-electron chi connectivity index (χ3n) is 4.47. The van der Waals surface area contributed by atoms with Crippen molar-refractivity contribution in [1.29, 1.82) is 0 Å². The molecule has 1 atom stereocenters. The molecule has 1 aromatic heterocycles. The van der Waals surface area contributed by atoms with E-state index in [-0.39, 0.29) is 30.4 Å². The van der Waals surface area contributed by atoms with E-state index in [2.05, 4.69) is 20.8 Å². The maximum atomic E-state index is 13.6. The Balaban J connectivity index is 1.78. The number of benzene rings is 2. The molecule has 31 heavy (non-hydrogen) atoms. The molecule has 0 saturated carbocycles. The lowest BCUT2D eigenvalue weighted by molar-refractivity contribution is -0.138. The van der Waals surface area contributed by atoms with Crippen LogP contribution in [0.5, 0.6) is 5.75 Å². The summed E-state index contributed by atoms with van der Waals surface area (Å²) in [4.78, 5) is 12.9. The summed E-state index contributed by atoms with van der Waals surface area (Å²) in [5.74, 6) is -0.375. The van der Waals surface area contributed by atoms with Crippen LogP contribution in [0.4, 0.5) is 13.2 Å². The van der Waals surface area contributed by atoms with Gasteiger partial charge in [0, 0.05) is 13.0 Å². The highest BCUT2D eigenvalue weighted by Gasteiger charge is 2.34. The zero-order valence-electron chi connectivity index (χ0n) is 17.0. The van der Waals surface area contributed by atoms with Crippen LogP contribution < -0.4 is 10.1 Å². The van der Waals surface area contributed by atoms with Crippen LogP contribution in [-0.2, 0) is 23.9 Å². The molecule has 1 heterocycles. The molecule has 0 bridgehead atoms. The van der Waals surface area contributed by atoms with Gasteiger partial charge in [0.05, 0.1) is 11.7 Å². The quantitative estimate of drug-likeness (QED) is 0.587. The van der Waals surface area contributed by atoms with Gasteiger partial charge in [0.25, 0.3) is 0 Å². The molecule has 0 aliphatic carbocycles. The molecule has 0 saturated heterocycles. The lowest BCUT2D eigenvalue weighted by atomic mass is 10.0. The van der Waals surface area contributed by atoms with Gasteiger partial charge >= 0.3 is 6.18 Å². The molecule has 1 unspecified atom stereocenters. The van der Waals surface area contributed by atoms with Crippen molar-refractivity contribution in [2.75, 3.05) is 0 Å². The fourth-order valence-corrected chi connectivity index (χ4v) is 3.07. The second-order valence-corrected chi connectivity index (χ2v) is 7.20. The molecule has 0 radical (unpaired) electrons.